The van der Waals surface area contributed by atoms with Crippen LogP contribution in [-0.2, 0) is 0 Å². The number of hydrogen-bond acceptors (Lipinski definition) is 4. The molecule has 0 saturated carbocycles. The van der Waals surface area contributed by atoms with E-state index in [1.54, 1.807) is 12.1 Å². The van der Waals surface area contributed by atoms with E-state index in [0.717, 1.165) is 15.3 Å². The van der Waals surface area contributed by atoms with Gasteiger partial charge in [0, 0.05) is 10.8 Å². The summed E-state index contributed by atoms with van der Waals surface area (Å²) in [4.78, 5) is 24.2. The molecule has 0 aliphatic carbocycles. The molecule has 20 heavy (non-hydrogen) atoms. The third-order valence-corrected chi connectivity index (χ3v) is 3.93. The molecule has 0 saturated heterocycles. The third kappa shape index (κ3) is 3.60. The molecule has 0 amide bonds. The largest absolute Gasteiger partial charge is 1.00 e. The van der Waals surface area contributed by atoms with E-state index in [1.807, 2.05) is 26.0 Å². The summed E-state index contributed by atoms with van der Waals surface area (Å²) >= 11 is 1.42. The van der Waals surface area contributed by atoms with Gasteiger partial charge in [-0.05, 0) is 23.3 Å². The summed E-state index contributed by atoms with van der Waals surface area (Å²) in [6.07, 6.45) is 0. The number of carbonyl (C=O) groups is 2. The zero-order valence-electron chi connectivity index (χ0n) is 11.7. The van der Waals surface area contributed by atoms with Crippen molar-refractivity contribution in [2.45, 2.75) is 13.8 Å². The van der Waals surface area contributed by atoms with Crippen molar-refractivity contribution in [3.8, 4) is 10.4 Å². The molecule has 0 atom stereocenters. The number of benzene rings is 1. The first-order valence-corrected chi connectivity index (χ1v) is 6.76. The molecule has 1 aromatic heterocycles. The molecule has 0 radical (unpaired) electrons. The van der Waals surface area contributed by atoms with Crippen LogP contribution in [0.1, 0.15) is 33.9 Å². The maximum atomic E-state index is 11.9. The van der Waals surface area contributed by atoms with Gasteiger partial charge in [0.15, 0.2) is 5.78 Å². The second kappa shape index (κ2) is 6.89. The van der Waals surface area contributed by atoms with Crippen LogP contribution in [0, 0.1) is 5.92 Å². The minimum atomic E-state index is -1.19. The topological polar surface area (TPSA) is 57.2 Å². The number of hydrogen-bond donors (Lipinski definition) is 0. The van der Waals surface area contributed by atoms with E-state index in [4.69, 9.17) is 0 Å². The Labute approximate surface area is 133 Å². The zero-order valence-corrected chi connectivity index (χ0v) is 12.5. The molecule has 98 valence electrons. The summed E-state index contributed by atoms with van der Waals surface area (Å²) in [5.41, 5.74) is 1.05. The maximum absolute atomic E-state index is 11.9. The molecule has 0 unspecified atom stereocenters. The first-order chi connectivity index (χ1) is 8.99. The Morgan fingerprint density at radius 1 is 1.05 bits per heavy atom. The Balaban J connectivity index is 0.00000200. The van der Waals surface area contributed by atoms with E-state index in [9.17, 15) is 14.7 Å². The Kier molecular flexibility index (Phi) is 5.76. The van der Waals surface area contributed by atoms with Gasteiger partial charge in [0.1, 0.15) is 0 Å². The summed E-state index contributed by atoms with van der Waals surface area (Å²) < 4.78 is 0. The van der Waals surface area contributed by atoms with Gasteiger partial charge < -0.3 is 9.90 Å². The fourth-order valence-corrected chi connectivity index (χ4v) is 2.78. The fourth-order valence-electron chi connectivity index (χ4n) is 1.68. The molecule has 0 bridgehead atoms. The Hall–Kier alpha value is -1.34. The quantitative estimate of drug-likeness (QED) is 0.567. The molecule has 0 aliphatic rings. The number of ketones is 1. The Bertz CT molecular complexity index is 614. The van der Waals surface area contributed by atoms with Crippen molar-refractivity contribution in [2.75, 3.05) is 0 Å². The molecule has 2 aromatic rings. The summed E-state index contributed by atoms with van der Waals surface area (Å²) in [7, 11) is 0. The van der Waals surface area contributed by atoms with E-state index in [1.165, 1.54) is 23.5 Å². The number of carboxylic acid groups (broad SMARTS) is 1. The molecule has 5 heteroatoms. The Morgan fingerprint density at radius 3 is 2.15 bits per heavy atom. The van der Waals surface area contributed by atoms with Crippen molar-refractivity contribution in [2.24, 2.45) is 5.92 Å². The fraction of sp³-hybridized carbons (Fsp3) is 0.200. The molecule has 1 heterocycles. The summed E-state index contributed by atoms with van der Waals surface area (Å²) in [5.74, 6) is -1.08. The van der Waals surface area contributed by atoms with Gasteiger partial charge in [0.05, 0.1) is 10.8 Å². The SMILES string of the molecule is CC(C)C(=O)c1ccc(-c2ccc(C(=O)[O-])cc2)s1.[Li+]. The predicted octanol–water partition coefficient (Wildman–Crippen LogP) is -0.379. The van der Waals surface area contributed by atoms with Gasteiger partial charge in [-0.1, -0.05) is 38.1 Å². The van der Waals surface area contributed by atoms with Gasteiger partial charge >= 0.3 is 18.9 Å². The number of Topliss-reactive ketones (excluding diaryl/α,β-unsaturated/α-hetero) is 1. The van der Waals surface area contributed by atoms with Crippen molar-refractivity contribution >= 4 is 23.1 Å². The summed E-state index contributed by atoms with van der Waals surface area (Å²) in [5, 5.41) is 10.7. The molecule has 0 N–H and O–H groups in total. The molecule has 0 fully saturated rings. The van der Waals surface area contributed by atoms with Crippen LogP contribution in [0.4, 0.5) is 0 Å². The maximum Gasteiger partial charge on any atom is 1.00 e. The smallest absolute Gasteiger partial charge is 0.545 e. The first-order valence-electron chi connectivity index (χ1n) is 5.95. The van der Waals surface area contributed by atoms with Crippen LogP contribution in [-0.4, -0.2) is 11.8 Å². The molecule has 2 rings (SSSR count). The standard InChI is InChI=1S/C15H14O3S.Li/c1-9(2)14(16)13-8-7-12(19-13)10-3-5-11(6-4-10)15(17)18;/h3-9H,1-2H3,(H,17,18);/q;+1/p-1. The molecular weight excluding hydrogens is 267 g/mol. The molecular formula is C15H13LiO3S. The minimum Gasteiger partial charge on any atom is -0.545 e. The second-order valence-corrected chi connectivity index (χ2v) is 5.63. The number of carboxylic acids is 1. The normalized spacial score (nSPS) is 10.2. The molecule has 1 aromatic carbocycles. The van der Waals surface area contributed by atoms with Crippen molar-refractivity contribution in [3.63, 3.8) is 0 Å². The molecule has 0 aliphatic heterocycles. The summed E-state index contributed by atoms with van der Waals surface area (Å²) in [6.45, 7) is 3.74. The number of rotatable bonds is 4. The van der Waals surface area contributed by atoms with E-state index < -0.39 is 5.97 Å². The average molecular weight is 280 g/mol. The number of thiophene rings is 1. The van der Waals surface area contributed by atoms with E-state index >= 15 is 0 Å². The van der Waals surface area contributed by atoms with Gasteiger partial charge in [-0.25, -0.2) is 0 Å². The van der Waals surface area contributed by atoms with Gasteiger partial charge in [-0.3, -0.25) is 4.79 Å². The number of carbonyl (C=O) groups excluding carboxylic acids is 2. The van der Waals surface area contributed by atoms with Crippen LogP contribution in [0.5, 0.6) is 0 Å². The molecule has 3 nitrogen and oxygen atoms in total. The zero-order chi connectivity index (χ0) is 14.0. The van der Waals surface area contributed by atoms with Crippen LogP contribution in [0.2, 0.25) is 0 Å². The minimum absolute atomic E-state index is 0. The van der Waals surface area contributed by atoms with Crippen LogP contribution >= 0.6 is 11.3 Å². The van der Waals surface area contributed by atoms with Gasteiger partial charge in [-0.15, -0.1) is 11.3 Å². The van der Waals surface area contributed by atoms with E-state index in [2.05, 4.69) is 0 Å². The van der Waals surface area contributed by atoms with E-state index in [0.29, 0.717) is 0 Å². The number of aromatic carboxylic acids is 1. The van der Waals surface area contributed by atoms with Crippen LogP contribution < -0.4 is 24.0 Å². The van der Waals surface area contributed by atoms with Crippen molar-refractivity contribution < 1.29 is 33.6 Å². The monoisotopic (exact) mass is 280 g/mol. The van der Waals surface area contributed by atoms with Gasteiger partial charge in [-0.2, -0.15) is 0 Å². The summed E-state index contributed by atoms with van der Waals surface area (Å²) in [6, 6.07) is 10.2. The van der Waals surface area contributed by atoms with E-state index in [-0.39, 0.29) is 36.1 Å². The Morgan fingerprint density at radius 2 is 1.65 bits per heavy atom. The van der Waals surface area contributed by atoms with Crippen LogP contribution in [0.3, 0.4) is 0 Å². The first kappa shape index (κ1) is 16.7. The predicted molar refractivity (Wildman–Crippen MR) is 73.3 cm³/mol. The van der Waals surface area contributed by atoms with Gasteiger partial charge in [0.25, 0.3) is 0 Å². The van der Waals surface area contributed by atoms with Crippen LogP contribution in [0.25, 0.3) is 10.4 Å². The third-order valence-electron chi connectivity index (χ3n) is 2.78. The molecule has 0 spiro atoms. The van der Waals surface area contributed by atoms with Crippen molar-refractivity contribution in [3.05, 3.63) is 46.8 Å². The second-order valence-electron chi connectivity index (χ2n) is 4.55. The van der Waals surface area contributed by atoms with Gasteiger partial charge in [0.2, 0.25) is 0 Å². The van der Waals surface area contributed by atoms with Crippen molar-refractivity contribution in [1.29, 1.82) is 0 Å². The van der Waals surface area contributed by atoms with Crippen molar-refractivity contribution in [1.82, 2.24) is 0 Å². The average Bonchev–Trinajstić information content (AvgIpc) is 2.87. The van der Waals surface area contributed by atoms with Crippen LogP contribution in [0.15, 0.2) is 36.4 Å².